The summed E-state index contributed by atoms with van der Waals surface area (Å²) < 4.78 is 4.62. The lowest BCUT2D eigenvalue weighted by molar-refractivity contribution is 0.0600. The van der Waals surface area contributed by atoms with Crippen LogP contribution in [-0.4, -0.2) is 20.1 Å². The van der Waals surface area contributed by atoms with Crippen molar-refractivity contribution in [1.29, 1.82) is 0 Å². The fraction of sp³-hybridized carbons (Fsp3) is 0.300. The smallest absolute Gasteiger partial charge is 0.337 e. The third kappa shape index (κ3) is 2.83. The Morgan fingerprint density at radius 2 is 2.29 bits per heavy atom. The van der Waals surface area contributed by atoms with E-state index in [-0.39, 0.29) is 5.97 Å². The van der Waals surface area contributed by atoms with E-state index in [4.69, 9.17) is 0 Å². The van der Waals surface area contributed by atoms with E-state index in [9.17, 15) is 4.79 Å². The molecule has 0 aliphatic rings. The number of methoxy groups -OCH3 is 1. The van der Waals surface area contributed by atoms with Crippen LogP contribution in [-0.2, 0) is 11.3 Å². The first-order valence-electron chi connectivity index (χ1n) is 4.34. The Morgan fingerprint density at radius 3 is 2.93 bits per heavy atom. The maximum absolute atomic E-state index is 11.2. The Bertz CT molecular complexity index is 313. The van der Waals surface area contributed by atoms with Gasteiger partial charge < -0.3 is 4.74 Å². The molecule has 4 heteroatoms. The topological polar surface area (TPSA) is 50.4 Å². The van der Waals surface area contributed by atoms with Gasteiger partial charge in [0.1, 0.15) is 0 Å². The lowest BCUT2D eigenvalue weighted by atomic mass is 10.1. The van der Waals surface area contributed by atoms with E-state index in [1.807, 2.05) is 12.1 Å². The van der Waals surface area contributed by atoms with E-state index >= 15 is 0 Å². The third-order valence-corrected chi connectivity index (χ3v) is 1.82. The van der Waals surface area contributed by atoms with Crippen LogP contribution in [0.25, 0.3) is 0 Å². The molecule has 0 fully saturated rings. The van der Waals surface area contributed by atoms with E-state index in [0.717, 1.165) is 5.56 Å². The van der Waals surface area contributed by atoms with Crippen LogP contribution in [0.15, 0.2) is 24.3 Å². The Kier molecular flexibility index (Phi) is 4.10. The van der Waals surface area contributed by atoms with E-state index in [1.54, 1.807) is 19.2 Å². The van der Waals surface area contributed by atoms with Gasteiger partial charge in [-0.3, -0.25) is 10.9 Å². The number of carbonyl (C=O) groups excluding carboxylic acids is 1. The molecule has 2 N–H and O–H groups in total. The standard InChI is InChI=1S/C10H14N2O2/c1-11-12-7-8-4-3-5-9(6-8)10(13)14-2/h3-6,11-12H,7H2,1-2H3. The molecule has 0 atom stereocenters. The highest BCUT2D eigenvalue weighted by Gasteiger charge is 2.04. The van der Waals surface area contributed by atoms with Crippen LogP contribution in [0.2, 0.25) is 0 Å². The molecule has 0 bridgehead atoms. The maximum Gasteiger partial charge on any atom is 0.337 e. The van der Waals surface area contributed by atoms with Gasteiger partial charge in [0.25, 0.3) is 0 Å². The molecule has 0 spiro atoms. The average Bonchev–Trinajstić information content (AvgIpc) is 2.25. The molecule has 1 aromatic carbocycles. The van der Waals surface area contributed by atoms with E-state index in [1.165, 1.54) is 7.11 Å². The van der Waals surface area contributed by atoms with Crippen LogP contribution >= 0.6 is 0 Å². The lowest BCUT2D eigenvalue weighted by Crippen LogP contribution is -2.26. The van der Waals surface area contributed by atoms with Crippen molar-refractivity contribution in [2.45, 2.75) is 6.54 Å². The van der Waals surface area contributed by atoms with Crippen LogP contribution in [0.4, 0.5) is 0 Å². The largest absolute Gasteiger partial charge is 0.465 e. The van der Waals surface area contributed by atoms with Gasteiger partial charge in [-0.1, -0.05) is 12.1 Å². The summed E-state index contributed by atoms with van der Waals surface area (Å²) in [5.74, 6) is -0.309. The molecule has 4 nitrogen and oxygen atoms in total. The van der Waals surface area contributed by atoms with Crippen molar-refractivity contribution in [3.63, 3.8) is 0 Å². The summed E-state index contributed by atoms with van der Waals surface area (Å²) in [5, 5.41) is 0. The SMILES string of the molecule is CNNCc1cccc(C(=O)OC)c1. The molecule has 0 aliphatic heterocycles. The zero-order valence-corrected chi connectivity index (χ0v) is 8.33. The van der Waals surface area contributed by atoms with Gasteiger partial charge in [0.2, 0.25) is 0 Å². The Hall–Kier alpha value is -1.39. The van der Waals surface area contributed by atoms with Crippen molar-refractivity contribution in [2.75, 3.05) is 14.2 Å². The van der Waals surface area contributed by atoms with Crippen LogP contribution in [0.5, 0.6) is 0 Å². The second-order valence-corrected chi connectivity index (χ2v) is 2.80. The van der Waals surface area contributed by atoms with Gasteiger partial charge in [-0.15, -0.1) is 0 Å². The molecule has 0 amide bonds. The molecule has 1 aromatic rings. The number of benzene rings is 1. The summed E-state index contributed by atoms with van der Waals surface area (Å²) >= 11 is 0. The van der Waals surface area contributed by atoms with Crippen LogP contribution in [0.3, 0.4) is 0 Å². The third-order valence-electron chi connectivity index (χ3n) is 1.82. The quantitative estimate of drug-likeness (QED) is 0.547. The number of ether oxygens (including phenoxy) is 1. The molecule has 0 unspecified atom stereocenters. The predicted molar refractivity (Wildman–Crippen MR) is 53.7 cm³/mol. The molecule has 0 saturated heterocycles. The minimum atomic E-state index is -0.309. The second kappa shape index (κ2) is 5.36. The summed E-state index contributed by atoms with van der Waals surface area (Å²) in [6.07, 6.45) is 0. The van der Waals surface area contributed by atoms with Crippen molar-refractivity contribution in [1.82, 2.24) is 10.9 Å². The molecule has 1 rings (SSSR count). The van der Waals surface area contributed by atoms with Gasteiger partial charge in [-0.05, 0) is 24.7 Å². The first-order chi connectivity index (χ1) is 6.77. The number of nitrogens with one attached hydrogen (secondary N) is 2. The Balaban J connectivity index is 2.73. The zero-order valence-electron chi connectivity index (χ0n) is 8.33. The highest BCUT2D eigenvalue weighted by molar-refractivity contribution is 5.89. The van der Waals surface area contributed by atoms with Gasteiger partial charge in [-0.2, -0.15) is 0 Å². The van der Waals surface area contributed by atoms with Crippen molar-refractivity contribution >= 4 is 5.97 Å². The molecular formula is C10H14N2O2. The number of hydrogen-bond acceptors (Lipinski definition) is 4. The zero-order chi connectivity index (χ0) is 10.4. The van der Waals surface area contributed by atoms with Crippen LogP contribution < -0.4 is 10.9 Å². The number of esters is 1. The summed E-state index contributed by atoms with van der Waals surface area (Å²) in [4.78, 5) is 11.2. The minimum Gasteiger partial charge on any atom is -0.465 e. The molecule has 14 heavy (non-hydrogen) atoms. The summed E-state index contributed by atoms with van der Waals surface area (Å²) in [6, 6.07) is 7.31. The van der Waals surface area contributed by atoms with Crippen molar-refractivity contribution < 1.29 is 9.53 Å². The molecule has 0 aromatic heterocycles. The molecule has 0 saturated carbocycles. The highest BCUT2D eigenvalue weighted by atomic mass is 16.5. The summed E-state index contributed by atoms with van der Waals surface area (Å²) in [5.41, 5.74) is 7.36. The van der Waals surface area contributed by atoms with Gasteiger partial charge in [0, 0.05) is 6.54 Å². The molecule has 76 valence electrons. The van der Waals surface area contributed by atoms with Crippen LogP contribution in [0, 0.1) is 0 Å². The van der Waals surface area contributed by atoms with Gasteiger partial charge in [0.05, 0.1) is 12.7 Å². The minimum absolute atomic E-state index is 0.309. The first kappa shape index (κ1) is 10.7. The number of hydrogen-bond donors (Lipinski definition) is 2. The van der Waals surface area contributed by atoms with Gasteiger partial charge in [-0.25, -0.2) is 4.79 Å². The monoisotopic (exact) mass is 194 g/mol. The fourth-order valence-corrected chi connectivity index (χ4v) is 1.12. The molecule has 0 radical (unpaired) electrons. The average molecular weight is 194 g/mol. The molecule has 0 heterocycles. The first-order valence-corrected chi connectivity index (χ1v) is 4.34. The number of carbonyl (C=O) groups is 1. The highest BCUT2D eigenvalue weighted by Crippen LogP contribution is 2.05. The predicted octanol–water partition coefficient (Wildman–Crippen LogP) is 0.697. The van der Waals surface area contributed by atoms with Crippen molar-refractivity contribution in [2.24, 2.45) is 0 Å². The normalized spacial score (nSPS) is 9.86. The summed E-state index contributed by atoms with van der Waals surface area (Å²) in [7, 11) is 3.17. The summed E-state index contributed by atoms with van der Waals surface area (Å²) in [6.45, 7) is 0.668. The fourth-order valence-electron chi connectivity index (χ4n) is 1.12. The van der Waals surface area contributed by atoms with E-state index in [2.05, 4.69) is 15.6 Å². The van der Waals surface area contributed by atoms with Gasteiger partial charge >= 0.3 is 5.97 Å². The molecule has 0 aliphatic carbocycles. The van der Waals surface area contributed by atoms with Crippen molar-refractivity contribution in [3.05, 3.63) is 35.4 Å². The van der Waals surface area contributed by atoms with Crippen LogP contribution in [0.1, 0.15) is 15.9 Å². The number of rotatable bonds is 4. The molecular weight excluding hydrogens is 180 g/mol. The van der Waals surface area contributed by atoms with Crippen molar-refractivity contribution in [3.8, 4) is 0 Å². The Labute approximate surface area is 83.2 Å². The lowest BCUT2D eigenvalue weighted by Gasteiger charge is -2.04. The van der Waals surface area contributed by atoms with Gasteiger partial charge in [0.15, 0.2) is 0 Å². The van der Waals surface area contributed by atoms with E-state index < -0.39 is 0 Å². The second-order valence-electron chi connectivity index (χ2n) is 2.80. The maximum atomic E-state index is 11.2. The van der Waals surface area contributed by atoms with E-state index in [0.29, 0.717) is 12.1 Å². The Morgan fingerprint density at radius 1 is 1.50 bits per heavy atom. The number of hydrazine groups is 1.